The highest BCUT2D eigenvalue weighted by Crippen LogP contribution is 2.39. The zero-order valence-corrected chi connectivity index (χ0v) is 39.2. The van der Waals surface area contributed by atoms with Crippen molar-refractivity contribution in [2.24, 2.45) is 0 Å². The van der Waals surface area contributed by atoms with Crippen LogP contribution in [0.15, 0.2) is 47.1 Å². The molecule has 344 valence electrons. The molecule has 60 heavy (non-hydrogen) atoms. The molecule has 0 saturated carbocycles. The molecule has 0 bridgehead atoms. The summed E-state index contributed by atoms with van der Waals surface area (Å²) in [5.74, 6) is -1.54. The molecule has 1 aromatic rings. The normalized spacial score (nSPS) is 13.3. The third kappa shape index (κ3) is 25.9. The quantitative estimate of drug-likeness (QED) is 0.0514. The molecule has 0 spiro atoms. The summed E-state index contributed by atoms with van der Waals surface area (Å²) >= 11 is 0. The molecule has 8 heteroatoms. The molecule has 1 aliphatic rings. The van der Waals surface area contributed by atoms with Crippen LogP contribution in [-0.2, 0) is 28.5 Å². The van der Waals surface area contributed by atoms with Gasteiger partial charge in [0, 0.05) is 63.1 Å². The predicted molar refractivity (Wildman–Crippen MR) is 249 cm³/mol. The van der Waals surface area contributed by atoms with Crippen LogP contribution in [0.4, 0.5) is 0 Å². The van der Waals surface area contributed by atoms with Gasteiger partial charge in [-0.1, -0.05) is 187 Å². The number of allylic oxidation sites excluding steroid dienone is 2. The van der Waals surface area contributed by atoms with E-state index in [1.165, 1.54) is 167 Å². The van der Waals surface area contributed by atoms with Gasteiger partial charge in [-0.05, 0) is 38.3 Å². The lowest BCUT2D eigenvalue weighted by molar-refractivity contribution is -0.140. The first-order valence-electron chi connectivity index (χ1n) is 25.1. The van der Waals surface area contributed by atoms with Gasteiger partial charge in [-0.25, -0.2) is 9.59 Å². The van der Waals surface area contributed by atoms with E-state index in [0.717, 1.165) is 31.6 Å². The Kier molecular flexibility index (Phi) is 33.8. The highest BCUT2D eigenvalue weighted by molar-refractivity contribution is 5.99. The first kappa shape index (κ1) is 53.4. The van der Waals surface area contributed by atoms with Crippen LogP contribution in [0.25, 0.3) is 0 Å². The van der Waals surface area contributed by atoms with E-state index < -0.39 is 17.9 Å². The molecule has 2 rings (SSSR count). The van der Waals surface area contributed by atoms with E-state index in [9.17, 15) is 9.59 Å². The number of carbonyl (C=O) groups is 2. The molecular formula is C52H90N2O6. The molecule has 1 aliphatic heterocycles. The molecule has 0 amide bonds. The number of rotatable bonds is 41. The first-order valence-corrected chi connectivity index (χ1v) is 25.1. The number of pyridine rings is 1. The molecule has 0 unspecified atom stereocenters. The molecule has 0 saturated heterocycles. The van der Waals surface area contributed by atoms with Crippen LogP contribution in [0.3, 0.4) is 0 Å². The second kappa shape index (κ2) is 38.0. The topological polar surface area (TPSA) is 96.0 Å². The molecule has 0 radical (unpaired) electrons. The summed E-state index contributed by atoms with van der Waals surface area (Å²) in [6.07, 6.45) is 42.1. The van der Waals surface area contributed by atoms with E-state index in [-0.39, 0.29) is 13.2 Å². The fourth-order valence-corrected chi connectivity index (χ4v) is 8.22. The summed E-state index contributed by atoms with van der Waals surface area (Å²) in [5, 5.41) is 3.25. The average molecular weight is 839 g/mol. The fraction of sp³-hybridized carbons (Fsp3) is 0.788. The van der Waals surface area contributed by atoms with Crippen molar-refractivity contribution in [2.45, 2.75) is 226 Å². The zero-order chi connectivity index (χ0) is 43.1. The maximum atomic E-state index is 13.6. The fourth-order valence-electron chi connectivity index (χ4n) is 8.22. The maximum Gasteiger partial charge on any atom is 0.336 e. The molecule has 0 aliphatic carbocycles. The van der Waals surface area contributed by atoms with Gasteiger partial charge in [0.15, 0.2) is 0 Å². The highest BCUT2D eigenvalue weighted by Gasteiger charge is 2.38. The van der Waals surface area contributed by atoms with Crippen LogP contribution in [0.1, 0.15) is 232 Å². The van der Waals surface area contributed by atoms with Gasteiger partial charge in [0.2, 0.25) is 0 Å². The molecule has 8 nitrogen and oxygen atoms in total. The lowest BCUT2D eigenvalue weighted by Crippen LogP contribution is -2.33. The summed E-state index contributed by atoms with van der Waals surface area (Å²) in [6.45, 7) is 11.3. The van der Waals surface area contributed by atoms with Crippen molar-refractivity contribution >= 4 is 11.9 Å². The van der Waals surface area contributed by atoms with Crippen LogP contribution >= 0.6 is 0 Å². The number of dihydropyridines is 1. The molecule has 0 fully saturated rings. The van der Waals surface area contributed by atoms with Crippen LogP contribution in [0, 0.1) is 0 Å². The number of nitrogens with zero attached hydrogens (tertiary/aromatic N) is 1. The number of nitrogens with one attached hydrogen (secondary N) is 1. The van der Waals surface area contributed by atoms with Crippen molar-refractivity contribution in [3.05, 3.63) is 52.6 Å². The van der Waals surface area contributed by atoms with Gasteiger partial charge in [-0.3, -0.25) is 4.98 Å². The average Bonchev–Trinajstić information content (AvgIpc) is 3.25. The van der Waals surface area contributed by atoms with Crippen molar-refractivity contribution in [3.8, 4) is 0 Å². The van der Waals surface area contributed by atoms with Gasteiger partial charge in [-0.15, -0.1) is 0 Å². The number of esters is 2. The number of carbonyl (C=O) groups excluding carboxylic acids is 2. The lowest BCUT2D eigenvalue weighted by atomic mass is 9.81. The second-order valence-corrected chi connectivity index (χ2v) is 17.3. The number of aromatic nitrogens is 1. The van der Waals surface area contributed by atoms with Gasteiger partial charge in [0.25, 0.3) is 0 Å². The Morgan fingerprint density at radius 1 is 0.483 bits per heavy atom. The minimum Gasteiger partial charge on any atom is -0.462 e. The Morgan fingerprint density at radius 3 is 1.15 bits per heavy atom. The van der Waals surface area contributed by atoms with Crippen molar-refractivity contribution in [1.29, 1.82) is 0 Å². The van der Waals surface area contributed by atoms with Crippen LogP contribution in [0.2, 0.25) is 0 Å². The minimum atomic E-state index is -0.645. The molecule has 0 atom stereocenters. The highest BCUT2D eigenvalue weighted by atomic mass is 16.5. The summed E-state index contributed by atoms with van der Waals surface area (Å²) in [7, 11) is 0. The number of unbranched alkanes of at least 4 members (excludes halogenated alkanes) is 26. The van der Waals surface area contributed by atoms with Crippen molar-refractivity contribution in [2.75, 3.05) is 39.6 Å². The smallest absolute Gasteiger partial charge is 0.336 e. The standard InChI is InChI=1S/C52H90N2O6/c1-5-7-9-11-13-15-17-19-21-23-25-27-29-31-38-57-40-34-42-59-51(55)48-45(3)54-46(4)49(50(48)47-36-33-37-53-44-47)52(56)60-43-35-41-58-39-32-30-28-26-24-22-20-18-16-14-12-10-8-6-2/h33,36-37,44,50,54H,5-32,34-35,38-43H2,1-4H3. The third-order valence-electron chi connectivity index (χ3n) is 11.8. The van der Waals surface area contributed by atoms with Gasteiger partial charge in [0.05, 0.1) is 30.3 Å². The van der Waals surface area contributed by atoms with Crippen LogP contribution in [-0.4, -0.2) is 56.6 Å². The second-order valence-electron chi connectivity index (χ2n) is 17.3. The number of ether oxygens (including phenoxy) is 4. The summed E-state index contributed by atoms with van der Waals surface area (Å²) < 4.78 is 23.3. The molecule has 1 N–H and O–H groups in total. The predicted octanol–water partition coefficient (Wildman–Crippen LogP) is 14.2. The summed E-state index contributed by atoms with van der Waals surface area (Å²) in [6, 6.07) is 3.71. The van der Waals surface area contributed by atoms with Gasteiger partial charge < -0.3 is 24.3 Å². The third-order valence-corrected chi connectivity index (χ3v) is 11.8. The summed E-state index contributed by atoms with van der Waals surface area (Å²) in [5.41, 5.74) is 2.87. The van der Waals surface area contributed by atoms with Gasteiger partial charge >= 0.3 is 11.9 Å². The first-order chi connectivity index (χ1) is 29.5. The summed E-state index contributed by atoms with van der Waals surface area (Å²) in [4.78, 5) is 31.5. The van der Waals surface area contributed by atoms with Crippen molar-refractivity contribution < 1.29 is 28.5 Å². The van der Waals surface area contributed by atoms with E-state index in [1.54, 1.807) is 12.4 Å². The van der Waals surface area contributed by atoms with Gasteiger partial charge in [-0.2, -0.15) is 0 Å². The molecular weight excluding hydrogens is 749 g/mol. The van der Waals surface area contributed by atoms with Crippen molar-refractivity contribution in [1.82, 2.24) is 10.3 Å². The SMILES string of the molecule is CCCCCCCCCCCCCCCCOCCCOC(=O)C1=C(C)NC(C)=C(C(=O)OCCCOCCCCCCCCCCCCCCCC)C1c1cccnc1. The molecule has 1 aromatic heterocycles. The van der Waals surface area contributed by atoms with E-state index in [0.29, 0.717) is 48.6 Å². The minimum absolute atomic E-state index is 0.246. The number of hydrogen-bond donors (Lipinski definition) is 1. The lowest BCUT2D eigenvalue weighted by Gasteiger charge is -2.30. The Hall–Kier alpha value is -2.71. The van der Waals surface area contributed by atoms with Crippen LogP contribution in [0.5, 0.6) is 0 Å². The Bertz CT molecular complexity index is 1190. The van der Waals surface area contributed by atoms with Crippen molar-refractivity contribution in [3.63, 3.8) is 0 Å². The number of hydrogen-bond acceptors (Lipinski definition) is 8. The Labute approximate surface area is 368 Å². The molecule has 0 aromatic carbocycles. The van der Waals surface area contributed by atoms with Crippen LogP contribution < -0.4 is 5.32 Å². The van der Waals surface area contributed by atoms with E-state index in [2.05, 4.69) is 24.1 Å². The van der Waals surface area contributed by atoms with E-state index in [4.69, 9.17) is 18.9 Å². The van der Waals surface area contributed by atoms with E-state index >= 15 is 0 Å². The van der Waals surface area contributed by atoms with E-state index in [1.807, 2.05) is 26.0 Å². The largest absolute Gasteiger partial charge is 0.462 e. The molecule has 2 heterocycles. The monoisotopic (exact) mass is 839 g/mol. The Balaban J connectivity index is 1.60. The van der Waals surface area contributed by atoms with Gasteiger partial charge in [0.1, 0.15) is 0 Å². The Morgan fingerprint density at radius 2 is 0.817 bits per heavy atom. The maximum absolute atomic E-state index is 13.6. The zero-order valence-electron chi connectivity index (χ0n) is 39.2.